The van der Waals surface area contributed by atoms with Crippen LogP contribution in [0.4, 0.5) is 5.69 Å². The monoisotopic (exact) mass is 315 g/mol. The number of carbonyl (C=O) groups excluding carboxylic acids is 1. The van der Waals surface area contributed by atoms with Crippen LogP contribution >= 0.6 is 28.1 Å². The Morgan fingerprint density at radius 2 is 2.12 bits per heavy atom. The third-order valence-electron chi connectivity index (χ3n) is 2.30. The highest BCUT2D eigenvalue weighted by Gasteiger charge is 2.11. The third-order valence-corrected chi connectivity index (χ3v) is 3.17. The zero-order valence-electron chi connectivity index (χ0n) is 9.44. The second kappa shape index (κ2) is 5.97. The Morgan fingerprint density at radius 3 is 2.53 bits per heavy atom. The van der Waals surface area contributed by atoms with Crippen LogP contribution in [-0.2, 0) is 4.79 Å². The molecule has 0 aliphatic rings. The van der Waals surface area contributed by atoms with Gasteiger partial charge in [-0.3, -0.25) is 4.79 Å². The zero-order chi connectivity index (χ0) is 13.0. The van der Waals surface area contributed by atoms with Crippen LogP contribution in [0.15, 0.2) is 22.7 Å². The Hall–Kier alpha value is -1.14. The summed E-state index contributed by atoms with van der Waals surface area (Å²) in [5, 5.41) is 0. The van der Waals surface area contributed by atoms with Gasteiger partial charge in [-0.1, -0.05) is 12.2 Å². The van der Waals surface area contributed by atoms with Crippen molar-refractivity contribution in [3.05, 3.63) is 28.2 Å². The van der Waals surface area contributed by atoms with Gasteiger partial charge in [0.25, 0.3) is 0 Å². The summed E-state index contributed by atoms with van der Waals surface area (Å²) in [4.78, 5) is 13.2. The van der Waals surface area contributed by atoms with E-state index in [4.69, 9.17) is 23.7 Å². The molecule has 0 aliphatic heterocycles. The SMILES string of the molecule is CCN(CC(N)=O)c1ccc(C(N)=S)cc1Br. The number of hydrogen-bond donors (Lipinski definition) is 2. The predicted octanol–water partition coefficient (Wildman–Crippen LogP) is 1.39. The fourth-order valence-corrected chi connectivity index (χ4v) is 2.23. The molecule has 92 valence electrons. The Bertz CT molecular complexity index is 450. The minimum atomic E-state index is -0.364. The van der Waals surface area contributed by atoms with Crippen LogP contribution < -0.4 is 16.4 Å². The van der Waals surface area contributed by atoms with Crippen molar-refractivity contribution < 1.29 is 4.79 Å². The summed E-state index contributed by atoms with van der Waals surface area (Å²) in [6.45, 7) is 2.83. The molecule has 4 nitrogen and oxygen atoms in total. The second-order valence-corrected chi connectivity index (χ2v) is 4.81. The van der Waals surface area contributed by atoms with Gasteiger partial charge in [-0.15, -0.1) is 0 Å². The summed E-state index contributed by atoms with van der Waals surface area (Å²) in [6, 6.07) is 5.53. The molecular weight excluding hydrogens is 302 g/mol. The van der Waals surface area contributed by atoms with Gasteiger partial charge >= 0.3 is 0 Å². The zero-order valence-corrected chi connectivity index (χ0v) is 11.8. The lowest BCUT2D eigenvalue weighted by Crippen LogP contribution is -2.33. The van der Waals surface area contributed by atoms with E-state index >= 15 is 0 Å². The van der Waals surface area contributed by atoms with Crippen molar-refractivity contribution in [2.75, 3.05) is 18.0 Å². The first-order valence-electron chi connectivity index (χ1n) is 5.08. The molecule has 17 heavy (non-hydrogen) atoms. The number of rotatable bonds is 5. The van der Waals surface area contributed by atoms with Crippen molar-refractivity contribution in [3.63, 3.8) is 0 Å². The molecule has 0 bridgehead atoms. The first-order chi connectivity index (χ1) is 7.95. The molecule has 0 saturated carbocycles. The van der Waals surface area contributed by atoms with Gasteiger partial charge in [0.05, 0.1) is 12.2 Å². The number of nitrogens with zero attached hydrogens (tertiary/aromatic N) is 1. The summed E-state index contributed by atoms with van der Waals surface area (Å²) >= 11 is 8.34. The van der Waals surface area contributed by atoms with E-state index in [1.54, 1.807) is 0 Å². The van der Waals surface area contributed by atoms with E-state index in [2.05, 4.69) is 15.9 Å². The van der Waals surface area contributed by atoms with Crippen molar-refractivity contribution in [1.29, 1.82) is 0 Å². The van der Waals surface area contributed by atoms with E-state index in [9.17, 15) is 4.79 Å². The molecule has 0 spiro atoms. The molecular formula is C11H14BrN3OS. The normalized spacial score (nSPS) is 10.0. The largest absolute Gasteiger partial charge is 0.389 e. The van der Waals surface area contributed by atoms with Crippen molar-refractivity contribution in [3.8, 4) is 0 Å². The van der Waals surface area contributed by atoms with E-state index < -0.39 is 0 Å². The van der Waals surface area contributed by atoms with Crippen LogP contribution in [0.1, 0.15) is 12.5 Å². The number of anilines is 1. The van der Waals surface area contributed by atoms with Gasteiger partial charge in [-0.05, 0) is 41.1 Å². The molecule has 0 unspecified atom stereocenters. The number of hydrogen-bond acceptors (Lipinski definition) is 3. The Balaban J connectivity index is 3.04. The molecule has 1 aromatic rings. The Kier molecular flexibility index (Phi) is 4.89. The third kappa shape index (κ3) is 3.67. The number of likely N-dealkylation sites (N-methyl/N-ethyl adjacent to an activating group) is 1. The van der Waals surface area contributed by atoms with Crippen LogP contribution in [0.5, 0.6) is 0 Å². The minimum absolute atomic E-state index is 0.182. The quantitative estimate of drug-likeness (QED) is 0.806. The molecule has 0 heterocycles. The fourth-order valence-electron chi connectivity index (χ4n) is 1.47. The lowest BCUT2D eigenvalue weighted by molar-refractivity contribution is -0.116. The van der Waals surface area contributed by atoms with Gasteiger partial charge < -0.3 is 16.4 Å². The highest BCUT2D eigenvalue weighted by atomic mass is 79.9. The number of benzene rings is 1. The van der Waals surface area contributed by atoms with Crippen molar-refractivity contribution in [2.45, 2.75) is 6.92 Å². The molecule has 0 radical (unpaired) electrons. The van der Waals surface area contributed by atoms with E-state index in [1.165, 1.54) is 0 Å². The van der Waals surface area contributed by atoms with E-state index in [-0.39, 0.29) is 12.5 Å². The Labute approximate surface area is 114 Å². The van der Waals surface area contributed by atoms with Gasteiger partial charge in [-0.2, -0.15) is 0 Å². The summed E-state index contributed by atoms with van der Waals surface area (Å²) in [7, 11) is 0. The lowest BCUT2D eigenvalue weighted by atomic mass is 10.2. The molecule has 0 saturated heterocycles. The van der Waals surface area contributed by atoms with Crippen LogP contribution in [0.2, 0.25) is 0 Å². The molecule has 1 amide bonds. The average Bonchev–Trinajstić information content (AvgIpc) is 2.25. The Morgan fingerprint density at radius 1 is 1.47 bits per heavy atom. The number of amides is 1. The molecule has 0 aromatic heterocycles. The minimum Gasteiger partial charge on any atom is -0.389 e. The first-order valence-corrected chi connectivity index (χ1v) is 6.28. The van der Waals surface area contributed by atoms with Crippen molar-refractivity contribution in [1.82, 2.24) is 0 Å². The van der Waals surface area contributed by atoms with Gasteiger partial charge in [0.15, 0.2) is 0 Å². The van der Waals surface area contributed by atoms with E-state index in [1.807, 2.05) is 30.0 Å². The lowest BCUT2D eigenvalue weighted by Gasteiger charge is -2.23. The smallest absolute Gasteiger partial charge is 0.236 e. The van der Waals surface area contributed by atoms with Crippen LogP contribution in [0.25, 0.3) is 0 Å². The highest BCUT2D eigenvalue weighted by molar-refractivity contribution is 9.10. The molecule has 0 aliphatic carbocycles. The summed E-state index contributed by atoms with van der Waals surface area (Å²) < 4.78 is 0.839. The topological polar surface area (TPSA) is 72.3 Å². The summed E-state index contributed by atoms with van der Waals surface area (Å²) in [6.07, 6.45) is 0. The van der Waals surface area contributed by atoms with Gasteiger partial charge in [0, 0.05) is 16.6 Å². The number of primary amides is 1. The summed E-state index contributed by atoms with van der Waals surface area (Å²) in [5.74, 6) is -0.364. The van der Waals surface area contributed by atoms with E-state index in [0.29, 0.717) is 11.5 Å². The first kappa shape index (κ1) is 13.9. The summed E-state index contributed by atoms with van der Waals surface area (Å²) in [5.41, 5.74) is 12.4. The fraction of sp³-hybridized carbons (Fsp3) is 0.273. The number of thiocarbonyl (C=S) groups is 1. The maximum absolute atomic E-state index is 11.0. The molecule has 6 heteroatoms. The molecule has 0 fully saturated rings. The maximum atomic E-state index is 11.0. The number of nitrogens with two attached hydrogens (primary N) is 2. The van der Waals surface area contributed by atoms with Crippen molar-refractivity contribution in [2.24, 2.45) is 11.5 Å². The predicted molar refractivity (Wildman–Crippen MR) is 77.1 cm³/mol. The van der Waals surface area contributed by atoms with Gasteiger partial charge in [0.2, 0.25) is 5.91 Å². The van der Waals surface area contributed by atoms with Gasteiger partial charge in [-0.25, -0.2) is 0 Å². The molecule has 1 aromatic carbocycles. The molecule has 0 atom stereocenters. The van der Waals surface area contributed by atoms with Crippen LogP contribution in [0.3, 0.4) is 0 Å². The number of halogens is 1. The second-order valence-electron chi connectivity index (χ2n) is 3.51. The van der Waals surface area contributed by atoms with Crippen LogP contribution in [-0.4, -0.2) is 24.0 Å². The van der Waals surface area contributed by atoms with Crippen LogP contribution in [0, 0.1) is 0 Å². The highest BCUT2D eigenvalue weighted by Crippen LogP contribution is 2.27. The molecule has 1 rings (SSSR count). The standard InChI is InChI=1S/C11H14BrN3OS/c1-2-15(6-10(13)16)9-4-3-7(11(14)17)5-8(9)12/h3-5H,2,6H2,1H3,(H2,13,16)(H2,14,17). The maximum Gasteiger partial charge on any atom is 0.236 e. The molecule has 4 N–H and O–H groups in total. The van der Waals surface area contributed by atoms with Gasteiger partial charge in [0.1, 0.15) is 4.99 Å². The average molecular weight is 316 g/mol. The van der Waals surface area contributed by atoms with E-state index in [0.717, 1.165) is 15.7 Å². The number of carbonyl (C=O) groups is 1. The van der Waals surface area contributed by atoms with Crippen molar-refractivity contribution >= 4 is 44.7 Å².